The van der Waals surface area contributed by atoms with E-state index < -0.39 is 0 Å². The minimum absolute atomic E-state index is 0.759. The highest BCUT2D eigenvalue weighted by atomic mass is 14.2. The summed E-state index contributed by atoms with van der Waals surface area (Å²) in [6, 6.07) is 11.0. The molecule has 1 aromatic rings. The Bertz CT molecular complexity index is 284. The Balaban J connectivity index is 2.55. The third kappa shape index (κ3) is 5.91. The first-order valence-electron chi connectivity index (χ1n) is 7.14. The minimum atomic E-state index is 0.759. The van der Waals surface area contributed by atoms with Crippen molar-refractivity contribution in [2.24, 2.45) is 11.8 Å². The van der Waals surface area contributed by atoms with E-state index >= 15 is 0 Å². The molecule has 1 aromatic carbocycles. The van der Waals surface area contributed by atoms with E-state index in [1.54, 1.807) is 0 Å². The third-order valence-electron chi connectivity index (χ3n) is 3.36. The van der Waals surface area contributed by atoms with Gasteiger partial charge in [-0.3, -0.25) is 0 Å². The predicted octanol–water partition coefficient (Wildman–Crippen LogP) is 5.64. The van der Waals surface area contributed by atoms with Crippen LogP contribution in [0.5, 0.6) is 0 Å². The second-order valence-corrected chi connectivity index (χ2v) is 6.06. The maximum Gasteiger partial charge on any atom is -0.0160 e. The Morgan fingerprint density at radius 2 is 1.47 bits per heavy atom. The second kappa shape index (κ2) is 7.53. The van der Waals surface area contributed by atoms with Crippen LogP contribution in [0.3, 0.4) is 0 Å². The van der Waals surface area contributed by atoms with E-state index in [1.165, 1.54) is 31.2 Å². The molecule has 0 nitrogen and oxygen atoms in total. The van der Waals surface area contributed by atoms with Crippen LogP contribution >= 0.6 is 0 Å². The van der Waals surface area contributed by atoms with Crippen LogP contribution in [0.4, 0.5) is 0 Å². The molecule has 0 radical (unpaired) electrons. The fourth-order valence-corrected chi connectivity index (χ4v) is 2.49. The first kappa shape index (κ1) is 14.3. The maximum atomic E-state index is 2.33. The van der Waals surface area contributed by atoms with Crippen molar-refractivity contribution in [3.05, 3.63) is 35.9 Å². The van der Waals surface area contributed by atoms with Crippen LogP contribution in [-0.2, 0) is 0 Å². The van der Waals surface area contributed by atoms with Crippen molar-refractivity contribution in [3.8, 4) is 0 Å². The molecule has 0 bridgehead atoms. The molecule has 0 amide bonds. The average Bonchev–Trinajstić information content (AvgIpc) is 2.28. The summed E-state index contributed by atoms with van der Waals surface area (Å²) in [6.45, 7) is 9.30. The molecular formula is C17H28. The zero-order chi connectivity index (χ0) is 12.7. The smallest absolute Gasteiger partial charge is 0.0160 e. The molecule has 0 heterocycles. The summed E-state index contributed by atoms with van der Waals surface area (Å²) in [5.41, 5.74) is 1.53. The lowest BCUT2D eigenvalue weighted by molar-refractivity contribution is 0.439. The van der Waals surface area contributed by atoms with E-state index in [0.29, 0.717) is 0 Å². The molecule has 0 fully saturated rings. The maximum absolute atomic E-state index is 2.33. The molecule has 0 spiro atoms. The van der Waals surface area contributed by atoms with Gasteiger partial charge in [0.1, 0.15) is 0 Å². The average molecular weight is 232 g/mol. The first-order chi connectivity index (χ1) is 8.09. The van der Waals surface area contributed by atoms with Gasteiger partial charge in [-0.15, -0.1) is 0 Å². The fourth-order valence-electron chi connectivity index (χ4n) is 2.49. The number of hydrogen-bond acceptors (Lipinski definition) is 0. The van der Waals surface area contributed by atoms with Crippen molar-refractivity contribution in [1.82, 2.24) is 0 Å². The molecule has 1 unspecified atom stereocenters. The SMILES string of the molecule is CC(C)CCCC(CC(C)C)c1ccccc1. The van der Waals surface area contributed by atoms with E-state index in [4.69, 9.17) is 0 Å². The number of hydrogen-bond donors (Lipinski definition) is 0. The molecule has 1 rings (SSSR count). The molecule has 0 saturated carbocycles. The third-order valence-corrected chi connectivity index (χ3v) is 3.36. The first-order valence-corrected chi connectivity index (χ1v) is 7.14. The van der Waals surface area contributed by atoms with Crippen LogP contribution in [0.2, 0.25) is 0 Å². The monoisotopic (exact) mass is 232 g/mol. The molecule has 17 heavy (non-hydrogen) atoms. The van der Waals surface area contributed by atoms with Gasteiger partial charge in [-0.1, -0.05) is 70.9 Å². The topological polar surface area (TPSA) is 0 Å². The highest BCUT2D eigenvalue weighted by Gasteiger charge is 2.13. The summed E-state index contributed by atoms with van der Waals surface area (Å²) >= 11 is 0. The van der Waals surface area contributed by atoms with Crippen LogP contribution in [-0.4, -0.2) is 0 Å². The second-order valence-electron chi connectivity index (χ2n) is 6.06. The van der Waals surface area contributed by atoms with E-state index in [9.17, 15) is 0 Å². The number of rotatable bonds is 7. The Kier molecular flexibility index (Phi) is 6.32. The van der Waals surface area contributed by atoms with Gasteiger partial charge in [0.2, 0.25) is 0 Å². The Morgan fingerprint density at radius 3 is 2.00 bits per heavy atom. The van der Waals surface area contributed by atoms with Gasteiger partial charge in [-0.05, 0) is 36.2 Å². The molecule has 1 atom stereocenters. The molecule has 0 aliphatic carbocycles. The molecule has 0 aromatic heterocycles. The lowest BCUT2D eigenvalue weighted by Gasteiger charge is -2.20. The normalized spacial score (nSPS) is 13.3. The van der Waals surface area contributed by atoms with E-state index in [0.717, 1.165) is 17.8 Å². The lowest BCUT2D eigenvalue weighted by Crippen LogP contribution is -2.04. The summed E-state index contributed by atoms with van der Waals surface area (Å²) in [4.78, 5) is 0. The zero-order valence-corrected chi connectivity index (χ0v) is 11.9. The van der Waals surface area contributed by atoms with Crippen LogP contribution in [0, 0.1) is 11.8 Å². The van der Waals surface area contributed by atoms with Crippen LogP contribution in [0.25, 0.3) is 0 Å². The van der Waals surface area contributed by atoms with Crippen LogP contribution in [0.1, 0.15) is 64.9 Å². The van der Waals surface area contributed by atoms with Gasteiger partial charge in [0.25, 0.3) is 0 Å². The van der Waals surface area contributed by atoms with Gasteiger partial charge in [0.15, 0.2) is 0 Å². The number of benzene rings is 1. The van der Waals surface area contributed by atoms with E-state index in [1.807, 2.05) is 0 Å². The van der Waals surface area contributed by atoms with Crippen molar-refractivity contribution in [2.45, 2.75) is 59.3 Å². The van der Waals surface area contributed by atoms with Crippen molar-refractivity contribution >= 4 is 0 Å². The predicted molar refractivity (Wildman–Crippen MR) is 77.3 cm³/mol. The van der Waals surface area contributed by atoms with Crippen molar-refractivity contribution in [3.63, 3.8) is 0 Å². The molecule has 0 heteroatoms. The van der Waals surface area contributed by atoms with Crippen LogP contribution < -0.4 is 0 Å². The van der Waals surface area contributed by atoms with Gasteiger partial charge in [0, 0.05) is 0 Å². The Morgan fingerprint density at radius 1 is 0.824 bits per heavy atom. The lowest BCUT2D eigenvalue weighted by atomic mass is 9.86. The Labute approximate surface area is 107 Å². The summed E-state index contributed by atoms with van der Waals surface area (Å²) < 4.78 is 0. The summed E-state index contributed by atoms with van der Waals surface area (Å²) in [6.07, 6.45) is 5.40. The highest BCUT2D eigenvalue weighted by Crippen LogP contribution is 2.29. The summed E-state index contributed by atoms with van der Waals surface area (Å²) in [5.74, 6) is 2.39. The molecule has 0 aliphatic heterocycles. The molecule has 96 valence electrons. The van der Waals surface area contributed by atoms with Gasteiger partial charge in [0.05, 0.1) is 0 Å². The molecule has 0 aliphatic rings. The van der Waals surface area contributed by atoms with E-state index in [2.05, 4.69) is 58.0 Å². The highest BCUT2D eigenvalue weighted by molar-refractivity contribution is 5.19. The standard InChI is InChI=1S/C17H28/c1-14(2)9-8-12-17(13-15(3)4)16-10-6-5-7-11-16/h5-7,10-11,14-15,17H,8-9,12-13H2,1-4H3. The van der Waals surface area contributed by atoms with Crippen LogP contribution in [0.15, 0.2) is 30.3 Å². The van der Waals surface area contributed by atoms with Gasteiger partial charge in [-0.2, -0.15) is 0 Å². The quantitative estimate of drug-likeness (QED) is 0.570. The van der Waals surface area contributed by atoms with Crippen molar-refractivity contribution in [2.75, 3.05) is 0 Å². The fraction of sp³-hybridized carbons (Fsp3) is 0.647. The summed E-state index contributed by atoms with van der Waals surface area (Å²) in [7, 11) is 0. The van der Waals surface area contributed by atoms with E-state index in [-0.39, 0.29) is 0 Å². The molecular weight excluding hydrogens is 204 g/mol. The zero-order valence-electron chi connectivity index (χ0n) is 11.9. The van der Waals surface area contributed by atoms with Gasteiger partial charge in [-0.25, -0.2) is 0 Å². The van der Waals surface area contributed by atoms with Gasteiger partial charge < -0.3 is 0 Å². The Hall–Kier alpha value is -0.780. The van der Waals surface area contributed by atoms with Gasteiger partial charge >= 0.3 is 0 Å². The molecule has 0 saturated heterocycles. The molecule has 0 N–H and O–H groups in total. The minimum Gasteiger partial charge on any atom is -0.0628 e. The largest absolute Gasteiger partial charge is 0.0628 e. The van der Waals surface area contributed by atoms with Crippen molar-refractivity contribution < 1.29 is 0 Å². The van der Waals surface area contributed by atoms with Crippen molar-refractivity contribution in [1.29, 1.82) is 0 Å². The summed E-state index contributed by atoms with van der Waals surface area (Å²) in [5, 5.41) is 0.